The first kappa shape index (κ1) is 115. The first-order valence-corrected chi connectivity index (χ1v) is 54.8. The van der Waals surface area contributed by atoms with Crippen LogP contribution in [0, 0.1) is 28.1 Å². The number of methoxy groups -OCH3 is 3. The van der Waals surface area contributed by atoms with Crippen LogP contribution < -0.4 is 21.6 Å². The molecule has 23 heteroatoms. The smallest absolute Gasteiger partial charge is 0.311 e. The van der Waals surface area contributed by atoms with Crippen LogP contribution in [0.25, 0.3) is 0 Å². The largest absolute Gasteiger partial charge is 0.469 e. The number of carbonyl (C=O) groups is 4. The van der Waals surface area contributed by atoms with Gasteiger partial charge in [0.05, 0.1) is 38.6 Å². The SMILES string of the molecule is C.C.C.CC1(CI)CCC2(C1)O[C@@H](c1ccccc1)[C@H](c1ccccc1)O2.CC1(CO)CCC2(C1)OC(c1ccccc1)[C@H](c1ccccc1)O2.CN.COC(=O)C1(C)CCC2(C1)O[C@@H](c1ccccc1)[C@H](c1ccccc1)O2.COC(=O)C1CCC(=O)C1.COC(=O)C1CCC2(C1)OC(c1ccccc1)[C@H](c1ccccc1)O2.II.[W].[W].c1ccc(P(c2ccccc2)c2ccccc2)cc1. The fourth-order valence-corrected chi connectivity index (χ4v) is 22.6. The predicted molar refractivity (Wildman–Crippen MR) is 564 cm³/mol. The van der Waals surface area contributed by atoms with Gasteiger partial charge in [0.1, 0.15) is 54.6 Å². The van der Waals surface area contributed by atoms with E-state index in [0.29, 0.717) is 56.8 Å². The van der Waals surface area contributed by atoms with Crippen LogP contribution in [0.4, 0.5) is 0 Å². The third kappa shape index (κ3) is 29.5. The number of nitrogens with two attached hydrogens (primary N) is 1. The van der Waals surface area contributed by atoms with Crippen molar-refractivity contribution >= 4 is 107 Å². The van der Waals surface area contributed by atoms with Gasteiger partial charge < -0.3 is 62.9 Å². The number of aliphatic hydroxyl groups is 1. The maximum Gasteiger partial charge on any atom is 0.311 e. The van der Waals surface area contributed by atoms with Gasteiger partial charge in [0, 0.05) is 155 Å². The molecule has 15 atom stereocenters. The van der Waals surface area contributed by atoms with Gasteiger partial charge in [-0.3, -0.25) is 19.2 Å². The van der Waals surface area contributed by atoms with Gasteiger partial charge in [0.15, 0.2) is 23.1 Å². The van der Waals surface area contributed by atoms with Crippen LogP contribution in [0.3, 0.4) is 0 Å². The molecule has 3 N–H and O–H groups in total. The first-order valence-electron chi connectivity index (χ1n) is 45.6. The van der Waals surface area contributed by atoms with E-state index in [1.165, 1.54) is 61.8 Å². The molecule has 730 valence electrons. The van der Waals surface area contributed by atoms with Crippen molar-refractivity contribution in [3.63, 3.8) is 0 Å². The molecule has 0 aromatic heterocycles. The van der Waals surface area contributed by atoms with Crippen molar-refractivity contribution in [1.82, 2.24) is 0 Å². The van der Waals surface area contributed by atoms with E-state index in [1.54, 1.807) is 0 Å². The molecular formula is C114H135I3NO16PW2. The van der Waals surface area contributed by atoms with Crippen molar-refractivity contribution in [1.29, 1.82) is 0 Å². The Kier molecular flexibility index (Phi) is 46.4. The number of benzene rings is 11. The molecule has 5 aliphatic carbocycles. The number of esters is 3. The number of carbonyl (C=O) groups excluding carboxylic acids is 4. The molecule has 0 amide bonds. The van der Waals surface area contributed by atoms with Crippen LogP contribution in [0.2, 0.25) is 0 Å². The third-order valence-electron chi connectivity index (χ3n) is 26.4. The van der Waals surface area contributed by atoms with E-state index >= 15 is 0 Å². The topological polar surface area (TPSA) is 216 Å². The van der Waals surface area contributed by atoms with E-state index in [-0.39, 0.29) is 161 Å². The minimum Gasteiger partial charge on any atom is -0.469 e. The fraction of sp³-hybridized carbons (Fsp3) is 0.386. The number of halogens is 3. The fourth-order valence-electron chi connectivity index (χ4n) is 19.6. The first-order chi connectivity index (χ1) is 64.2. The summed E-state index contributed by atoms with van der Waals surface area (Å²) in [6, 6.07) is 115. The molecule has 4 aliphatic heterocycles. The van der Waals surface area contributed by atoms with Gasteiger partial charge in [-0.25, -0.2) is 0 Å². The molecule has 4 saturated heterocycles. The summed E-state index contributed by atoms with van der Waals surface area (Å²) in [5.74, 6) is -3.22. The van der Waals surface area contributed by atoms with Crippen LogP contribution in [-0.2, 0) is 113 Å². The summed E-state index contributed by atoms with van der Waals surface area (Å²) >= 11 is 6.74. The standard InChI is InChI=1S/C22H24O4.C21H23IO2.C21H22O4.C21H24O3.C18H15P.C7H10O3.CH5N.3CH4.I2.2W/c1-21(20(23)24-2)13-14-22(15-21)25-18(16-9-5-3-6-10-16)19(26-22)17-11-7-4-8-12-17;1-20(15-22)12-13-21(14-20)23-18(16-8-4-2-5-9-16)19(24-21)17-10-6-3-7-11-17;1-23-20(22)17-12-13-21(14-17)24-18(15-8-4-2-5-9-15)19(25-21)16-10-6-3-7-11-16;1-20(15-22)12-13-21(14-20)23-18(16-8-4-2-5-9-16)19(24-21)17-10-6-3-7-11-17;1-4-10-16(11-5-1)19(17-12-6-2-7-13-17)18-14-8-3-9-15-18;1-10-7(9)5-2-3-6(8)4-5;1-2;;;;1-2;;/h3-12,18-19H,13-15H2,1-2H3;2-11,18-19H,12-15H2,1H3;2-11,17-19H,12-14H2,1H3;2-11,18-19,22H,12-15H2,1H3;1-15H;5H,2-4H2,1H3;2H2,1H3;3*1H4;;;/t18-,19-,21?;18-,19-,20?;17?,18-,19?,21?;18-,19?,20?,21?;;;;;;;;;/m0000........./s1. The molecule has 20 rings (SSSR count). The van der Waals surface area contributed by atoms with Gasteiger partial charge in [-0.05, 0) is 125 Å². The molecular weight excluding hydrogens is 2420 g/mol. The predicted octanol–water partition coefficient (Wildman–Crippen LogP) is 26.2. The molecule has 5 saturated carbocycles. The van der Waals surface area contributed by atoms with E-state index in [1.807, 2.05) is 116 Å². The molecule has 11 aromatic carbocycles. The molecule has 9 aliphatic rings. The zero-order valence-corrected chi connectivity index (χ0v) is 90.3. The molecule has 137 heavy (non-hydrogen) atoms. The van der Waals surface area contributed by atoms with Crippen molar-refractivity contribution in [2.45, 2.75) is 211 Å². The summed E-state index contributed by atoms with van der Waals surface area (Å²) in [7, 11) is 5.28. The number of alkyl halides is 1. The maximum atomic E-state index is 12.2. The van der Waals surface area contributed by atoms with Crippen LogP contribution >= 0.6 is 67.7 Å². The molecule has 9 unspecified atom stereocenters. The quantitative estimate of drug-likeness (QED) is 0.0302. The number of Topliss-reactive ketones (excluding diaryl/α,β-unsaturated/α-hetero) is 1. The summed E-state index contributed by atoms with van der Waals surface area (Å²) in [5, 5.41) is 13.9. The monoisotopic (exact) mass is 2550 g/mol. The van der Waals surface area contributed by atoms with E-state index in [4.69, 9.17) is 47.4 Å². The van der Waals surface area contributed by atoms with Crippen molar-refractivity contribution in [2.24, 2.45) is 33.8 Å². The third-order valence-corrected chi connectivity index (χ3v) is 30.6. The molecule has 4 spiro atoms. The van der Waals surface area contributed by atoms with Gasteiger partial charge in [0.25, 0.3) is 0 Å². The zero-order valence-electron chi connectivity index (χ0n) is 77.1. The number of hydrogen-bond acceptors (Lipinski definition) is 17. The Balaban J connectivity index is 0.000000202. The van der Waals surface area contributed by atoms with Crippen LogP contribution in [0.1, 0.15) is 233 Å². The van der Waals surface area contributed by atoms with Gasteiger partial charge >= 0.3 is 17.9 Å². The Morgan fingerprint density at radius 3 is 0.839 bits per heavy atom. The Hall–Kier alpha value is -6.90. The van der Waals surface area contributed by atoms with Gasteiger partial charge in [-0.2, -0.15) is 0 Å². The Labute approximate surface area is 880 Å². The van der Waals surface area contributed by atoms with Gasteiger partial charge in [-0.1, -0.05) is 392 Å². The number of ketones is 1. The molecule has 0 bridgehead atoms. The Bertz CT molecular complexity index is 4960. The van der Waals surface area contributed by atoms with E-state index < -0.39 is 36.5 Å². The normalized spacial score (nSPS) is 26.5. The van der Waals surface area contributed by atoms with Crippen molar-refractivity contribution in [3.8, 4) is 0 Å². The Morgan fingerprint density at radius 1 is 0.350 bits per heavy atom. The van der Waals surface area contributed by atoms with Gasteiger partial charge in [-0.15, -0.1) is 0 Å². The molecule has 0 radical (unpaired) electrons. The summed E-state index contributed by atoms with van der Waals surface area (Å²) in [4.78, 5) is 45.6. The zero-order chi connectivity index (χ0) is 93.2. The maximum absolute atomic E-state index is 12.2. The van der Waals surface area contributed by atoms with Crippen molar-refractivity contribution in [3.05, 3.63) is 378 Å². The van der Waals surface area contributed by atoms with E-state index in [0.717, 1.165) is 76.3 Å². The second-order valence-corrected chi connectivity index (χ2v) is 39.0. The number of ether oxygens (including phenoxy) is 11. The summed E-state index contributed by atoms with van der Waals surface area (Å²) < 4.78 is 67.8. The van der Waals surface area contributed by atoms with Gasteiger partial charge in [0.2, 0.25) is 0 Å². The molecule has 17 nitrogen and oxygen atoms in total. The van der Waals surface area contributed by atoms with Crippen molar-refractivity contribution in [2.75, 3.05) is 39.4 Å². The number of rotatable bonds is 16. The van der Waals surface area contributed by atoms with E-state index in [9.17, 15) is 24.3 Å². The molecule has 4 heterocycles. The Morgan fingerprint density at radius 2 is 0.599 bits per heavy atom. The molecule has 9 fully saturated rings. The summed E-state index contributed by atoms with van der Waals surface area (Å²) in [6.07, 6.45) is 10.0. The molecule has 11 aromatic rings. The summed E-state index contributed by atoms with van der Waals surface area (Å²) in [6.45, 7) is 6.58. The van der Waals surface area contributed by atoms with Crippen LogP contribution in [0.15, 0.2) is 334 Å². The average molecular weight is 2550 g/mol. The average Bonchev–Trinajstić information content (AvgIpc) is 1.61. The van der Waals surface area contributed by atoms with E-state index in [2.05, 4.69) is 309 Å². The number of hydrogen-bond donors (Lipinski definition) is 2. The number of aliphatic hydroxyl groups excluding tert-OH is 1. The minimum absolute atomic E-state index is 0. The van der Waals surface area contributed by atoms with Crippen LogP contribution in [-0.4, -0.2) is 91.4 Å². The van der Waals surface area contributed by atoms with Crippen LogP contribution in [0.5, 0.6) is 0 Å². The van der Waals surface area contributed by atoms with Crippen molar-refractivity contribution < 1.29 is 119 Å². The second-order valence-electron chi connectivity index (χ2n) is 36.0. The minimum atomic E-state index is -0.746. The summed E-state index contributed by atoms with van der Waals surface area (Å²) in [5.41, 5.74) is 13.2. The second kappa shape index (κ2) is 55.1.